The van der Waals surface area contributed by atoms with E-state index in [0.29, 0.717) is 12.5 Å². The van der Waals surface area contributed by atoms with Crippen LogP contribution in [0.3, 0.4) is 0 Å². The van der Waals surface area contributed by atoms with Crippen molar-refractivity contribution >= 4 is 11.9 Å². The highest BCUT2D eigenvalue weighted by Gasteiger charge is 2.59. The third kappa shape index (κ3) is 3.85. The Labute approximate surface area is 171 Å². The van der Waals surface area contributed by atoms with Gasteiger partial charge in [0.2, 0.25) is 0 Å². The summed E-state index contributed by atoms with van der Waals surface area (Å²) in [5.74, 6) is 2.92. The minimum absolute atomic E-state index is 0.189. The minimum Gasteiger partial charge on any atom is -0.463 e. The van der Waals surface area contributed by atoms with Gasteiger partial charge in [-0.15, -0.1) is 0 Å². The number of hydrogen-bond donors (Lipinski definition) is 0. The number of carbonyl (C=O) groups excluding carboxylic acids is 2. The van der Waals surface area contributed by atoms with Gasteiger partial charge in [-0.25, -0.2) is 4.79 Å². The predicted molar refractivity (Wildman–Crippen MR) is 110 cm³/mol. The molecule has 0 aromatic carbocycles. The number of ether oxygens (including phenoxy) is 2. The lowest BCUT2D eigenvalue weighted by molar-refractivity contribution is -0.183. The second-order valence-corrected chi connectivity index (χ2v) is 10.5. The van der Waals surface area contributed by atoms with Gasteiger partial charge in [-0.3, -0.25) is 4.79 Å². The Morgan fingerprint density at radius 2 is 1.79 bits per heavy atom. The van der Waals surface area contributed by atoms with Crippen molar-refractivity contribution in [1.29, 1.82) is 0 Å². The van der Waals surface area contributed by atoms with Crippen LogP contribution in [0.4, 0.5) is 0 Å². The highest BCUT2D eigenvalue weighted by Crippen LogP contribution is 2.64. The molecule has 0 N–H and O–H groups in total. The molecule has 0 radical (unpaired) electrons. The quantitative estimate of drug-likeness (QED) is 0.589. The Morgan fingerprint density at radius 3 is 2.46 bits per heavy atom. The van der Waals surface area contributed by atoms with Crippen LogP contribution in [0.25, 0.3) is 0 Å². The SMILES string of the molecule is CCOC(=O)COC(=O)[C@]1(C)CCC[C@@]2(C)C1CCC1CC(C(C)C)CC[C@@H]12. The topological polar surface area (TPSA) is 52.6 Å². The van der Waals surface area contributed by atoms with E-state index in [2.05, 4.69) is 27.7 Å². The molecule has 3 unspecified atom stereocenters. The second kappa shape index (κ2) is 8.36. The van der Waals surface area contributed by atoms with Crippen molar-refractivity contribution in [3.05, 3.63) is 0 Å². The Morgan fingerprint density at radius 1 is 1.04 bits per heavy atom. The molecule has 3 aliphatic rings. The molecular weight excluding hydrogens is 352 g/mol. The molecule has 0 aromatic heterocycles. The van der Waals surface area contributed by atoms with Crippen LogP contribution in [0.2, 0.25) is 0 Å². The summed E-state index contributed by atoms with van der Waals surface area (Å²) >= 11 is 0. The molecule has 3 aliphatic carbocycles. The van der Waals surface area contributed by atoms with Crippen LogP contribution in [0.15, 0.2) is 0 Å². The van der Waals surface area contributed by atoms with Crippen LogP contribution < -0.4 is 0 Å². The van der Waals surface area contributed by atoms with Crippen molar-refractivity contribution in [2.75, 3.05) is 13.2 Å². The molecule has 0 bridgehead atoms. The molecule has 6 atom stereocenters. The third-order valence-corrected chi connectivity index (χ3v) is 8.71. The van der Waals surface area contributed by atoms with Crippen molar-refractivity contribution in [2.45, 2.75) is 86.0 Å². The highest BCUT2D eigenvalue weighted by atomic mass is 16.6. The zero-order valence-corrected chi connectivity index (χ0v) is 18.6. The molecule has 3 fully saturated rings. The zero-order valence-electron chi connectivity index (χ0n) is 18.6. The molecule has 0 aromatic rings. The summed E-state index contributed by atoms with van der Waals surface area (Å²) in [6.45, 7) is 11.1. The molecule has 0 amide bonds. The number of rotatable bonds is 5. The standard InChI is InChI=1S/C24H40O4/c1-6-27-21(25)15-28-22(26)24(5)13-7-12-23(4)19-10-8-17(16(2)3)14-18(19)9-11-20(23)24/h16-20H,6-15H2,1-5H3/t17?,18?,19-,20?,23+,24+/m0/s1. The summed E-state index contributed by atoms with van der Waals surface area (Å²) in [4.78, 5) is 24.8. The van der Waals surface area contributed by atoms with Crippen LogP contribution in [-0.2, 0) is 19.1 Å². The summed E-state index contributed by atoms with van der Waals surface area (Å²) in [5.41, 5.74) is -0.250. The molecule has 0 saturated heterocycles. The van der Waals surface area contributed by atoms with Gasteiger partial charge in [-0.2, -0.15) is 0 Å². The lowest BCUT2D eigenvalue weighted by Gasteiger charge is -2.61. The van der Waals surface area contributed by atoms with Crippen molar-refractivity contribution in [3.63, 3.8) is 0 Å². The van der Waals surface area contributed by atoms with Crippen LogP contribution in [-0.4, -0.2) is 25.2 Å². The van der Waals surface area contributed by atoms with E-state index in [1.807, 2.05) is 0 Å². The summed E-state index contributed by atoms with van der Waals surface area (Å²) in [7, 11) is 0. The van der Waals surface area contributed by atoms with Crippen molar-refractivity contribution < 1.29 is 19.1 Å². The van der Waals surface area contributed by atoms with Crippen molar-refractivity contribution in [3.8, 4) is 0 Å². The molecular formula is C24H40O4. The van der Waals surface area contributed by atoms with Gasteiger partial charge in [-0.05, 0) is 93.8 Å². The molecule has 28 heavy (non-hydrogen) atoms. The van der Waals surface area contributed by atoms with Gasteiger partial charge in [-0.1, -0.05) is 27.2 Å². The van der Waals surface area contributed by atoms with Crippen LogP contribution in [0.1, 0.15) is 86.0 Å². The summed E-state index contributed by atoms with van der Waals surface area (Å²) in [6.07, 6.45) is 9.57. The van der Waals surface area contributed by atoms with Crippen LogP contribution >= 0.6 is 0 Å². The molecule has 0 heterocycles. The first-order valence-electron chi connectivity index (χ1n) is 11.5. The van der Waals surface area contributed by atoms with Gasteiger partial charge in [0, 0.05) is 0 Å². The summed E-state index contributed by atoms with van der Waals surface area (Å²) < 4.78 is 10.4. The molecule has 0 aliphatic heterocycles. The van der Waals surface area contributed by atoms with Gasteiger partial charge < -0.3 is 9.47 Å². The fraction of sp³-hybridized carbons (Fsp3) is 0.917. The summed E-state index contributed by atoms with van der Waals surface area (Å²) in [5, 5.41) is 0. The number of carbonyl (C=O) groups is 2. The first kappa shape index (κ1) is 21.6. The van der Waals surface area contributed by atoms with E-state index in [9.17, 15) is 9.59 Å². The molecule has 3 saturated carbocycles. The lowest BCUT2D eigenvalue weighted by Crippen LogP contribution is -2.56. The first-order valence-corrected chi connectivity index (χ1v) is 11.5. The first-order chi connectivity index (χ1) is 13.2. The predicted octanol–water partition coefficient (Wildman–Crippen LogP) is 5.39. The monoisotopic (exact) mass is 392 g/mol. The average molecular weight is 393 g/mol. The number of hydrogen-bond acceptors (Lipinski definition) is 4. The lowest BCUT2D eigenvalue weighted by atomic mass is 9.43. The van der Waals surface area contributed by atoms with E-state index < -0.39 is 11.4 Å². The Hall–Kier alpha value is -1.06. The van der Waals surface area contributed by atoms with Gasteiger partial charge in [0.15, 0.2) is 6.61 Å². The van der Waals surface area contributed by atoms with Gasteiger partial charge in [0.1, 0.15) is 0 Å². The third-order valence-electron chi connectivity index (χ3n) is 8.71. The van der Waals surface area contributed by atoms with Gasteiger partial charge in [0.05, 0.1) is 12.0 Å². The van der Waals surface area contributed by atoms with Gasteiger partial charge >= 0.3 is 11.9 Å². The molecule has 4 heteroatoms. The maximum absolute atomic E-state index is 13.1. The zero-order chi connectivity index (χ0) is 20.5. The van der Waals surface area contributed by atoms with E-state index in [-0.39, 0.29) is 18.0 Å². The maximum atomic E-state index is 13.1. The Kier molecular flexibility index (Phi) is 6.46. The number of fused-ring (bicyclic) bond motifs is 3. The largest absolute Gasteiger partial charge is 0.463 e. The van der Waals surface area contributed by atoms with Crippen LogP contribution in [0.5, 0.6) is 0 Å². The maximum Gasteiger partial charge on any atom is 0.344 e. The van der Waals surface area contributed by atoms with Crippen LogP contribution in [0, 0.1) is 40.4 Å². The minimum atomic E-state index is -0.473. The van der Waals surface area contributed by atoms with E-state index >= 15 is 0 Å². The summed E-state index contributed by atoms with van der Waals surface area (Å²) in [6, 6.07) is 0. The van der Waals surface area contributed by atoms with Crippen molar-refractivity contribution in [2.24, 2.45) is 40.4 Å². The van der Waals surface area contributed by atoms with E-state index in [0.717, 1.165) is 42.9 Å². The van der Waals surface area contributed by atoms with Gasteiger partial charge in [0.25, 0.3) is 0 Å². The fourth-order valence-electron chi connectivity index (χ4n) is 7.21. The van der Waals surface area contributed by atoms with E-state index in [4.69, 9.17) is 9.47 Å². The van der Waals surface area contributed by atoms with E-state index in [1.165, 1.54) is 32.1 Å². The normalized spacial score (nSPS) is 40.4. The Balaban J connectivity index is 1.74. The Bertz CT molecular complexity index is 585. The number of esters is 2. The second-order valence-electron chi connectivity index (χ2n) is 10.5. The highest BCUT2D eigenvalue weighted by molar-refractivity contribution is 5.80. The average Bonchev–Trinajstić information content (AvgIpc) is 2.65. The molecule has 160 valence electrons. The molecule has 4 nitrogen and oxygen atoms in total. The van der Waals surface area contributed by atoms with E-state index in [1.54, 1.807) is 6.92 Å². The fourth-order valence-corrected chi connectivity index (χ4v) is 7.21. The molecule has 3 rings (SSSR count). The molecule has 0 spiro atoms. The van der Waals surface area contributed by atoms with Crippen molar-refractivity contribution in [1.82, 2.24) is 0 Å². The smallest absolute Gasteiger partial charge is 0.344 e.